The number of alkyl carbamates (subject to hydrolysis) is 1. The van der Waals surface area contributed by atoms with E-state index in [0.717, 1.165) is 12.8 Å². The summed E-state index contributed by atoms with van der Waals surface area (Å²) >= 11 is 0. The number of carbonyl (C=O) groups excluding carboxylic acids is 5. The Balaban J connectivity index is 1.92. The predicted molar refractivity (Wildman–Crippen MR) is 112 cm³/mol. The lowest BCUT2D eigenvalue weighted by Crippen LogP contribution is -2.54. The molecule has 0 bridgehead atoms. The van der Waals surface area contributed by atoms with Crippen LogP contribution < -0.4 is 16.0 Å². The van der Waals surface area contributed by atoms with Gasteiger partial charge in [0.1, 0.15) is 18.2 Å². The van der Waals surface area contributed by atoms with Gasteiger partial charge in [-0.1, -0.05) is 13.3 Å². The van der Waals surface area contributed by atoms with Crippen LogP contribution in [-0.2, 0) is 23.9 Å². The fraction of sp³-hybridized carbons (Fsp3) is 0.762. The summed E-state index contributed by atoms with van der Waals surface area (Å²) in [6.07, 6.45) is 3.04. The molecule has 2 fully saturated rings. The molecule has 2 rings (SSSR count). The number of Topliss-reactive ketones (excluding diaryl/α,β-unsaturated/α-hetero) is 1. The van der Waals surface area contributed by atoms with Crippen LogP contribution in [0.25, 0.3) is 0 Å². The third-order valence-electron chi connectivity index (χ3n) is 5.01. The number of ketones is 1. The van der Waals surface area contributed by atoms with Gasteiger partial charge in [-0.25, -0.2) is 4.79 Å². The molecule has 1 aliphatic carbocycles. The minimum absolute atomic E-state index is 0.0508. The van der Waals surface area contributed by atoms with E-state index in [1.54, 1.807) is 20.8 Å². The van der Waals surface area contributed by atoms with Gasteiger partial charge in [0.15, 0.2) is 0 Å². The summed E-state index contributed by atoms with van der Waals surface area (Å²) in [5.41, 5.74) is -0.685. The Bertz CT molecular complexity index is 713. The maximum absolute atomic E-state index is 12.8. The normalized spacial score (nSPS) is 19.4. The molecule has 1 saturated carbocycles. The molecule has 4 amide bonds. The molecule has 0 aromatic rings. The molecular formula is C21H34N4O6. The molecule has 2 atom stereocenters. The Kier molecular flexibility index (Phi) is 8.41. The molecular weight excluding hydrogens is 404 g/mol. The summed E-state index contributed by atoms with van der Waals surface area (Å²) in [7, 11) is 0. The van der Waals surface area contributed by atoms with Crippen LogP contribution in [0, 0.1) is 0 Å². The minimum atomic E-state index is -0.923. The van der Waals surface area contributed by atoms with Gasteiger partial charge in [-0.2, -0.15) is 0 Å². The smallest absolute Gasteiger partial charge is 0.408 e. The van der Waals surface area contributed by atoms with Crippen molar-refractivity contribution in [3.8, 4) is 0 Å². The quantitative estimate of drug-likeness (QED) is 0.452. The summed E-state index contributed by atoms with van der Waals surface area (Å²) < 4.78 is 5.11. The number of carbonyl (C=O) groups is 5. The van der Waals surface area contributed by atoms with Gasteiger partial charge >= 0.3 is 6.09 Å². The first-order valence-electron chi connectivity index (χ1n) is 10.9. The van der Waals surface area contributed by atoms with E-state index in [1.807, 2.05) is 6.92 Å². The van der Waals surface area contributed by atoms with Crippen molar-refractivity contribution in [2.75, 3.05) is 13.1 Å². The summed E-state index contributed by atoms with van der Waals surface area (Å²) in [6.45, 7) is 7.09. The molecule has 31 heavy (non-hydrogen) atoms. The summed E-state index contributed by atoms with van der Waals surface area (Å²) in [5.74, 6) is -2.21. The Hall–Kier alpha value is -2.65. The Labute approximate surface area is 182 Å². The topological polar surface area (TPSA) is 134 Å². The third kappa shape index (κ3) is 7.84. The highest BCUT2D eigenvalue weighted by Crippen LogP contribution is 2.20. The number of hydrogen-bond acceptors (Lipinski definition) is 6. The minimum Gasteiger partial charge on any atom is -0.444 e. The molecule has 1 aliphatic heterocycles. The average molecular weight is 439 g/mol. The molecule has 1 saturated heterocycles. The standard InChI is InChI=1S/C21H34N4O6/c1-5-7-14(17(27)19(29)23-13-9-10-13)24-18(28)15-8-6-11-25(15)16(26)12-22-20(30)31-21(2,3)4/h13-15H,5-12H2,1-4H3,(H,22,30)(H,23,29)(H,24,28). The highest BCUT2D eigenvalue weighted by molar-refractivity contribution is 6.38. The maximum Gasteiger partial charge on any atom is 0.408 e. The van der Waals surface area contributed by atoms with Crippen molar-refractivity contribution in [2.24, 2.45) is 0 Å². The van der Waals surface area contributed by atoms with Gasteiger partial charge in [-0.3, -0.25) is 19.2 Å². The van der Waals surface area contributed by atoms with Crippen LogP contribution in [0.2, 0.25) is 0 Å². The Morgan fingerprint density at radius 3 is 2.35 bits per heavy atom. The van der Waals surface area contributed by atoms with Crippen molar-refractivity contribution in [1.29, 1.82) is 0 Å². The van der Waals surface area contributed by atoms with E-state index in [-0.39, 0.29) is 12.6 Å². The van der Waals surface area contributed by atoms with Gasteiger partial charge in [0.25, 0.3) is 5.91 Å². The second-order valence-corrected chi connectivity index (χ2v) is 9.06. The zero-order valence-electron chi connectivity index (χ0n) is 18.8. The largest absolute Gasteiger partial charge is 0.444 e. The van der Waals surface area contributed by atoms with Crippen molar-refractivity contribution < 1.29 is 28.7 Å². The highest BCUT2D eigenvalue weighted by Gasteiger charge is 2.37. The van der Waals surface area contributed by atoms with Crippen LogP contribution in [0.1, 0.15) is 66.2 Å². The van der Waals surface area contributed by atoms with Crippen LogP contribution >= 0.6 is 0 Å². The Morgan fingerprint density at radius 2 is 1.77 bits per heavy atom. The van der Waals surface area contributed by atoms with E-state index in [1.165, 1.54) is 4.90 Å². The first-order valence-corrected chi connectivity index (χ1v) is 10.9. The predicted octanol–water partition coefficient (Wildman–Crippen LogP) is 0.635. The van der Waals surface area contributed by atoms with Crippen molar-refractivity contribution in [3.05, 3.63) is 0 Å². The van der Waals surface area contributed by atoms with Crippen LogP contribution in [0.4, 0.5) is 4.79 Å². The van der Waals surface area contributed by atoms with Crippen LogP contribution in [0.3, 0.4) is 0 Å². The number of rotatable bonds is 9. The number of hydrogen-bond donors (Lipinski definition) is 3. The molecule has 2 aliphatic rings. The number of nitrogens with zero attached hydrogens (tertiary/aromatic N) is 1. The SMILES string of the molecule is CCCC(NC(=O)C1CCCN1C(=O)CNC(=O)OC(C)(C)C)C(=O)C(=O)NC1CC1. The second-order valence-electron chi connectivity index (χ2n) is 9.06. The van der Waals surface area contributed by atoms with Gasteiger partial charge in [0.2, 0.25) is 17.6 Å². The fourth-order valence-electron chi connectivity index (χ4n) is 3.37. The van der Waals surface area contributed by atoms with E-state index in [2.05, 4.69) is 16.0 Å². The van der Waals surface area contributed by atoms with E-state index < -0.39 is 47.3 Å². The third-order valence-corrected chi connectivity index (χ3v) is 5.01. The van der Waals surface area contributed by atoms with E-state index in [0.29, 0.717) is 32.2 Å². The summed E-state index contributed by atoms with van der Waals surface area (Å²) in [5, 5.41) is 7.71. The van der Waals surface area contributed by atoms with E-state index in [4.69, 9.17) is 4.74 Å². The van der Waals surface area contributed by atoms with Crippen LogP contribution in [0.15, 0.2) is 0 Å². The van der Waals surface area contributed by atoms with Gasteiger partial charge in [0.05, 0.1) is 6.04 Å². The molecule has 0 radical (unpaired) electrons. The molecule has 10 heteroatoms. The molecule has 10 nitrogen and oxygen atoms in total. The van der Waals surface area contributed by atoms with Crippen molar-refractivity contribution in [3.63, 3.8) is 0 Å². The number of amides is 4. The molecule has 0 spiro atoms. The van der Waals surface area contributed by atoms with Crippen molar-refractivity contribution in [1.82, 2.24) is 20.9 Å². The summed E-state index contributed by atoms with van der Waals surface area (Å²) in [4.78, 5) is 63.1. The van der Waals surface area contributed by atoms with E-state index in [9.17, 15) is 24.0 Å². The monoisotopic (exact) mass is 438 g/mol. The lowest BCUT2D eigenvalue weighted by Gasteiger charge is -2.26. The number of likely N-dealkylation sites (tertiary alicyclic amines) is 1. The molecule has 3 N–H and O–H groups in total. The lowest BCUT2D eigenvalue weighted by atomic mass is 10.1. The zero-order chi connectivity index (χ0) is 23.2. The number of nitrogens with one attached hydrogen (secondary N) is 3. The van der Waals surface area contributed by atoms with Crippen molar-refractivity contribution >= 4 is 29.6 Å². The lowest BCUT2D eigenvalue weighted by molar-refractivity contribution is -0.142. The van der Waals surface area contributed by atoms with Crippen molar-refractivity contribution in [2.45, 2.75) is 89.9 Å². The second kappa shape index (κ2) is 10.6. The number of ether oxygens (including phenoxy) is 1. The van der Waals surface area contributed by atoms with Crippen LogP contribution in [-0.4, -0.2) is 71.3 Å². The fourth-order valence-corrected chi connectivity index (χ4v) is 3.37. The Morgan fingerprint density at radius 1 is 1.10 bits per heavy atom. The molecule has 2 unspecified atom stereocenters. The average Bonchev–Trinajstić information content (AvgIpc) is 3.34. The molecule has 0 aromatic carbocycles. The summed E-state index contributed by atoms with van der Waals surface area (Å²) in [6, 6.07) is -1.62. The van der Waals surface area contributed by atoms with Gasteiger partial charge in [-0.05, 0) is 52.9 Å². The van der Waals surface area contributed by atoms with Gasteiger partial charge < -0.3 is 25.6 Å². The molecule has 1 heterocycles. The van der Waals surface area contributed by atoms with Gasteiger partial charge in [-0.15, -0.1) is 0 Å². The maximum atomic E-state index is 12.8. The first-order chi connectivity index (χ1) is 14.5. The van der Waals surface area contributed by atoms with Crippen LogP contribution in [0.5, 0.6) is 0 Å². The first kappa shape index (κ1) is 24.6. The van der Waals surface area contributed by atoms with E-state index >= 15 is 0 Å². The van der Waals surface area contributed by atoms with Gasteiger partial charge in [0, 0.05) is 12.6 Å². The molecule has 0 aromatic heterocycles. The molecule has 174 valence electrons. The highest BCUT2D eigenvalue weighted by atomic mass is 16.6. The zero-order valence-corrected chi connectivity index (χ0v) is 18.8.